The van der Waals surface area contributed by atoms with Gasteiger partial charge < -0.3 is 10.1 Å². The number of rotatable bonds is 12. The van der Waals surface area contributed by atoms with Gasteiger partial charge in [-0.05, 0) is 49.6 Å². The first kappa shape index (κ1) is 24.8. The summed E-state index contributed by atoms with van der Waals surface area (Å²) in [4.78, 5) is 41.6. The van der Waals surface area contributed by atoms with Crippen molar-refractivity contribution in [1.82, 2.24) is 10.3 Å². The second-order valence-electron chi connectivity index (χ2n) is 8.13. The van der Waals surface area contributed by atoms with Gasteiger partial charge in [0.05, 0.1) is 21.1 Å². The number of Topliss-reactive ketones (excluding diaryl/α,β-unsaturated/α-hetero) is 1. The number of thiazole rings is 1. The lowest BCUT2D eigenvalue weighted by Gasteiger charge is -2.22. The Bertz CT molecular complexity index is 1140. The number of allylic oxidation sites excluding steroid dienone is 1. The lowest BCUT2D eigenvalue weighted by atomic mass is 9.95. The molecule has 3 rings (SSSR count). The van der Waals surface area contributed by atoms with Gasteiger partial charge in [0, 0.05) is 30.3 Å². The van der Waals surface area contributed by atoms with Crippen LogP contribution in [0.5, 0.6) is 0 Å². The average molecular weight is 483 g/mol. The van der Waals surface area contributed by atoms with Crippen molar-refractivity contribution in [3.63, 3.8) is 0 Å². The first-order chi connectivity index (χ1) is 15.8. The van der Waals surface area contributed by atoms with E-state index in [4.69, 9.17) is 11.6 Å². The molecule has 1 heterocycles. The summed E-state index contributed by atoms with van der Waals surface area (Å²) < 4.78 is 0.948. The normalized spacial score (nSPS) is 12.8. The molecule has 0 aliphatic heterocycles. The fraction of sp³-hybridized carbons (Fsp3) is 0.308. The molecule has 0 unspecified atom stereocenters. The minimum Gasteiger partial charge on any atom is -0.353 e. The summed E-state index contributed by atoms with van der Waals surface area (Å²) in [6.07, 6.45) is 3.20. The van der Waals surface area contributed by atoms with Gasteiger partial charge in [-0.3, -0.25) is 9.59 Å². The van der Waals surface area contributed by atoms with Crippen molar-refractivity contribution in [2.24, 2.45) is 5.92 Å². The molecular weight excluding hydrogens is 456 g/mol. The van der Waals surface area contributed by atoms with Crippen LogP contribution in [0, 0.1) is 5.92 Å². The van der Waals surface area contributed by atoms with Gasteiger partial charge >= 0.3 is 0 Å². The molecule has 2 aromatic carbocycles. The average Bonchev–Trinajstić information content (AvgIpc) is 3.18. The first-order valence-electron chi connectivity index (χ1n) is 10.9. The third-order valence-corrected chi connectivity index (χ3v) is 6.63. The molecule has 0 fully saturated rings. The van der Waals surface area contributed by atoms with Crippen LogP contribution >= 0.6 is 22.9 Å². The molecule has 0 saturated heterocycles. The minimum absolute atomic E-state index is 0.0549. The van der Waals surface area contributed by atoms with Crippen molar-refractivity contribution in [2.45, 2.75) is 45.1 Å². The molecule has 0 saturated carbocycles. The van der Waals surface area contributed by atoms with Crippen LogP contribution in [0.2, 0.25) is 5.02 Å². The molecule has 0 radical (unpaired) electrons. The highest BCUT2D eigenvalue weighted by Crippen LogP contribution is 2.27. The predicted octanol–water partition coefficient (Wildman–Crippen LogP) is 5.35. The summed E-state index contributed by atoms with van der Waals surface area (Å²) in [5.41, 5.74) is 1.89. The standard InChI is InChI=1S/C26H27ClN2O3S/c1-3-22(31)11-10-21(14-18-7-5-4-6-8-18)28-26(32)19(13-17(2)30)15-25-29-23-12-9-20(27)16-24(23)33-25/h3-9,12,16,19,21H,1,10-11,13-15H2,2H3,(H,28,32)/t19-,21+/m0/s1. The van der Waals surface area contributed by atoms with Gasteiger partial charge in [0.1, 0.15) is 5.78 Å². The van der Waals surface area contributed by atoms with Crippen molar-refractivity contribution in [3.8, 4) is 0 Å². The van der Waals surface area contributed by atoms with Crippen LogP contribution in [-0.4, -0.2) is 28.5 Å². The van der Waals surface area contributed by atoms with Gasteiger partial charge in [0.25, 0.3) is 0 Å². The molecule has 3 aromatic rings. The van der Waals surface area contributed by atoms with Gasteiger partial charge in [-0.2, -0.15) is 0 Å². The number of hydrogen-bond donors (Lipinski definition) is 1. The van der Waals surface area contributed by atoms with E-state index in [1.807, 2.05) is 42.5 Å². The van der Waals surface area contributed by atoms with Crippen LogP contribution in [0.15, 0.2) is 61.2 Å². The second kappa shape index (κ2) is 11.9. The molecule has 5 nitrogen and oxygen atoms in total. The Hall–Kier alpha value is -2.83. The van der Waals surface area contributed by atoms with E-state index in [2.05, 4.69) is 16.9 Å². The molecule has 1 N–H and O–H groups in total. The zero-order valence-electron chi connectivity index (χ0n) is 18.6. The summed E-state index contributed by atoms with van der Waals surface area (Å²) in [5, 5.41) is 4.51. The number of carbonyl (C=O) groups is 3. The Morgan fingerprint density at radius 3 is 2.61 bits per heavy atom. The van der Waals surface area contributed by atoms with E-state index in [9.17, 15) is 14.4 Å². The lowest BCUT2D eigenvalue weighted by molar-refractivity contribution is -0.129. The number of aromatic nitrogens is 1. The number of nitrogens with zero attached hydrogens (tertiary/aromatic N) is 1. The van der Waals surface area contributed by atoms with Crippen LogP contribution in [0.1, 0.15) is 36.8 Å². The van der Waals surface area contributed by atoms with Crippen LogP contribution in [0.4, 0.5) is 0 Å². The number of hydrogen-bond acceptors (Lipinski definition) is 5. The van der Waals surface area contributed by atoms with Crippen molar-refractivity contribution in [1.29, 1.82) is 0 Å². The molecule has 1 amide bonds. The SMILES string of the molecule is C=CC(=O)CC[C@H](Cc1ccccc1)NC(=O)[C@@H](CC(C)=O)Cc1nc2ccc(Cl)cc2s1. The van der Waals surface area contributed by atoms with E-state index in [1.165, 1.54) is 24.3 Å². The summed E-state index contributed by atoms with van der Waals surface area (Å²) in [7, 11) is 0. The molecule has 33 heavy (non-hydrogen) atoms. The maximum atomic E-state index is 13.3. The van der Waals surface area contributed by atoms with E-state index < -0.39 is 5.92 Å². The topological polar surface area (TPSA) is 76.1 Å². The number of benzene rings is 2. The molecule has 1 aromatic heterocycles. The molecule has 0 bridgehead atoms. The fourth-order valence-corrected chi connectivity index (χ4v) is 5.03. The van der Waals surface area contributed by atoms with Crippen LogP contribution < -0.4 is 5.32 Å². The minimum atomic E-state index is -0.535. The summed E-state index contributed by atoms with van der Waals surface area (Å²) >= 11 is 7.56. The Morgan fingerprint density at radius 2 is 1.91 bits per heavy atom. The Labute approximate surface area is 202 Å². The van der Waals surface area contributed by atoms with Crippen LogP contribution in [0.25, 0.3) is 10.2 Å². The summed E-state index contributed by atoms with van der Waals surface area (Å²) in [5.74, 6) is -0.849. The zero-order valence-corrected chi connectivity index (χ0v) is 20.1. The molecule has 0 spiro atoms. The smallest absolute Gasteiger partial charge is 0.224 e. The van der Waals surface area contributed by atoms with Crippen molar-refractivity contribution in [3.05, 3.63) is 76.8 Å². The fourth-order valence-electron chi connectivity index (χ4n) is 3.71. The van der Waals surface area contributed by atoms with Gasteiger partial charge in [-0.1, -0.05) is 48.5 Å². The monoisotopic (exact) mass is 482 g/mol. The summed E-state index contributed by atoms with van der Waals surface area (Å²) in [6.45, 7) is 5.01. The maximum Gasteiger partial charge on any atom is 0.224 e. The van der Waals surface area contributed by atoms with Crippen molar-refractivity contribution in [2.75, 3.05) is 0 Å². The number of ketones is 2. The Morgan fingerprint density at radius 1 is 1.15 bits per heavy atom. The third-order valence-electron chi connectivity index (χ3n) is 5.36. The van der Waals surface area contributed by atoms with E-state index in [0.29, 0.717) is 30.7 Å². The quantitative estimate of drug-likeness (QED) is 0.353. The number of carbonyl (C=O) groups excluding carboxylic acids is 3. The highest BCUT2D eigenvalue weighted by molar-refractivity contribution is 7.18. The largest absolute Gasteiger partial charge is 0.353 e. The molecule has 2 atom stereocenters. The highest BCUT2D eigenvalue weighted by atomic mass is 35.5. The number of halogens is 1. The number of amides is 1. The van der Waals surface area contributed by atoms with Crippen molar-refractivity contribution >= 4 is 50.6 Å². The predicted molar refractivity (Wildman–Crippen MR) is 134 cm³/mol. The van der Waals surface area contributed by atoms with Gasteiger partial charge in [-0.25, -0.2) is 4.98 Å². The van der Waals surface area contributed by atoms with Crippen LogP contribution in [0.3, 0.4) is 0 Å². The highest BCUT2D eigenvalue weighted by Gasteiger charge is 2.25. The number of nitrogens with one attached hydrogen (secondary N) is 1. The number of fused-ring (bicyclic) bond motifs is 1. The van der Waals surface area contributed by atoms with Gasteiger partial charge in [0.15, 0.2) is 5.78 Å². The maximum absolute atomic E-state index is 13.3. The Balaban J connectivity index is 1.75. The van der Waals surface area contributed by atoms with E-state index >= 15 is 0 Å². The molecule has 0 aliphatic rings. The molecule has 7 heteroatoms. The van der Waals surface area contributed by atoms with Crippen LogP contribution in [-0.2, 0) is 27.2 Å². The van der Waals surface area contributed by atoms with E-state index in [-0.39, 0.29) is 29.9 Å². The first-order valence-corrected chi connectivity index (χ1v) is 12.1. The van der Waals surface area contributed by atoms with Gasteiger partial charge in [0.2, 0.25) is 5.91 Å². The second-order valence-corrected chi connectivity index (χ2v) is 9.68. The van der Waals surface area contributed by atoms with Crippen molar-refractivity contribution < 1.29 is 14.4 Å². The summed E-state index contributed by atoms with van der Waals surface area (Å²) in [6, 6.07) is 15.1. The Kier molecular flexibility index (Phi) is 8.92. The lowest BCUT2D eigenvalue weighted by Crippen LogP contribution is -2.41. The molecule has 0 aliphatic carbocycles. The molecule has 172 valence electrons. The zero-order chi connectivity index (χ0) is 23.8. The van der Waals surface area contributed by atoms with Gasteiger partial charge in [-0.15, -0.1) is 11.3 Å². The molecular formula is C26H27ClN2O3S. The van der Waals surface area contributed by atoms with E-state index in [0.717, 1.165) is 20.8 Å². The van der Waals surface area contributed by atoms with E-state index in [1.54, 1.807) is 6.07 Å². The third kappa shape index (κ3) is 7.62.